The highest BCUT2D eigenvalue weighted by Gasteiger charge is 2.13. The Bertz CT molecular complexity index is 810. The van der Waals surface area contributed by atoms with E-state index in [1.165, 1.54) is 17.7 Å². The molecule has 1 amide bonds. The van der Waals surface area contributed by atoms with Crippen LogP contribution < -0.4 is 10.2 Å². The third kappa shape index (κ3) is 3.64. The normalized spacial score (nSPS) is 10.3. The molecule has 0 fully saturated rings. The molecule has 2 heterocycles. The molecule has 1 N–H and O–H groups in total. The molecule has 0 unspecified atom stereocenters. The summed E-state index contributed by atoms with van der Waals surface area (Å²) in [6.45, 7) is 0. The molecule has 8 heteroatoms. The van der Waals surface area contributed by atoms with Gasteiger partial charge in [-0.2, -0.15) is 0 Å². The number of anilines is 3. The predicted molar refractivity (Wildman–Crippen MR) is 91.6 cm³/mol. The summed E-state index contributed by atoms with van der Waals surface area (Å²) < 4.78 is 0. The molecule has 1 aromatic carbocycles. The molecule has 0 atom stereocenters. The molecule has 3 aromatic rings. The third-order valence-electron chi connectivity index (χ3n) is 3.12. The van der Waals surface area contributed by atoms with Gasteiger partial charge >= 0.3 is 0 Å². The number of nitrogens with zero attached hydrogens (tertiary/aromatic N) is 4. The zero-order valence-corrected chi connectivity index (χ0v) is 13.7. The maximum Gasteiger partial charge on any atom is 0.257 e. The largest absolute Gasteiger partial charge is 0.342 e. The zero-order chi connectivity index (χ0) is 16.2. The van der Waals surface area contributed by atoms with Gasteiger partial charge in [0.2, 0.25) is 0 Å². The van der Waals surface area contributed by atoms with Gasteiger partial charge in [-0.15, -0.1) is 11.3 Å². The predicted octanol–water partition coefficient (Wildman–Crippen LogP) is 3.61. The summed E-state index contributed by atoms with van der Waals surface area (Å²) in [4.78, 5) is 26.2. The van der Waals surface area contributed by atoms with Crippen LogP contribution in [-0.2, 0) is 0 Å². The summed E-state index contributed by atoms with van der Waals surface area (Å²) in [6.07, 6.45) is 6.46. The number of carbonyl (C=O) groups is 1. The van der Waals surface area contributed by atoms with Crippen LogP contribution in [0.5, 0.6) is 0 Å². The second-order valence-corrected chi connectivity index (χ2v) is 5.98. The summed E-state index contributed by atoms with van der Waals surface area (Å²) in [7, 11) is 1.85. The molecule has 0 spiro atoms. The van der Waals surface area contributed by atoms with Crippen molar-refractivity contribution < 1.29 is 4.79 Å². The number of hydrogen-bond acceptors (Lipinski definition) is 6. The smallest absolute Gasteiger partial charge is 0.257 e. The fourth-order valence-corrected chi connectivity index (χ4v) is 2.72. The van der Waals surface area contributed by atoms with Crippen LogP contribution in [0.1, 0.15) is 10.4 Å². The van der Waals surface area contributed by atoms with Gasteiger partial charge in [0.1, 0.15) is 6.33 Å². The van der Waals surface area contributed by atoms with Crippen LogP contribution in [0.25, 0.3) is 0 Å². The van der Waals surface area contributed by atoms with E-state index in [0.29, 0.717) is 15.7 Å². The van der Waals surface area contributed by atoms with Crippen molar-refractivity contribution in [3.05, 3.63) is 59.1 Å². The fraction of sp³-hybridized carbons (Fsp3) is 0.0667. The fourth-order valence-electron chi connectivity index (χ4n) is 1.97. The Kier molecular flexibility index (Phi) is 4.50. The summed E-state index contributed by atoms with van der Waals surface area (Å²) in [5.41, 5.74) is 2.00. The van der Waals surface area contributed by atoms with Crippen LogP contribution in [0.4, 0.5) is 16.5 Å². The van der Waals surface area contributed by atoms with Crippen LogP contribution >= 0.6 is 22.9 Å². The number of rotatable bonds is 4. The Balaban J connectivity index is 1.88. The first-order chi connectivity index (χ1) is 11.1. The second kappa shape index (κ2) is 6.72. The van der Waals surface area contributed by atoms with Crippen molar-refractivity contribution in [3.8, 4) is 0 Å². The van der Waals surface area contributed by atoms with Gasteiger partial charge in [0.25, 0.3) is 5.91 Å². The molecule has 2 aromatic heterocycles. The molecule has 6 nitrogen and oxygen atoms in total. The van der Waals surface area contributed by atoms with E-state index in [4.69, 9.17) is 11.6 Å². The molecule has 0 aliphatic carbocycles. The van der Waals surface area contributed by atoms with Gasteiger partial charge in [-0.25, -0.2) is 15.0 Å². The Labute approximate surface area is 141 Å². The van der Waals surface area contributed by atoms with Crippen molar-refractivity contribution in [1.29, 1.82) is 0 Å². The minimum absolute atomic E-state index is 0.263. The molecule has 0 saturated heterocycles. The van der Waals surface area contributed by atoms with Gasteiger partial charge < -0.3 is 4.90 Å². The Morgan fingerprint density at radius 3 is 2.70 bits per heavy atom. The van der Waals surface area contributed by atoms with Gasteiger partial charge in [-0.3, -0.25) is 10.1 Å². The molecule has 3 rings (SSSR count). The number of thiazole rings is 1. The van der Waals surface area contributed by atoms with Crippen molar-refractivity contribution in [2.75, 3.05) is 17.3 Å². The quantitative estimate of drug-likeness (QED) is 0.782. The Morgan fingerprint density at radius 1 is 1.22 bits per heavy atom. The minimum Gasteiger partial charge on any atom is -0.342 e. The third-order valence-corrected chi connectivity index (χ3v) is 4.03. The first kappa shape index (κ1) is 15.4. The first-order valence-electron chi connectivity index (χ1n) is 6.63. The van der Waals surface area contributed by atoms with Crippen LogP contribution in [0.3, 0.4) is 0 Å². The molecule has 0 radical (unpaired) electrons. The summed E-state index contributed by atoms with van der Waals surface area (Å²) >= 11 is 7.51. The summed E-state index contributed by atoms with van der Waals surface area (Å²) in [6, 6.07) is 5.14. The second-order valence-electron chi connectivity index (χ2n) is 4.65. The average molecular weight is 346 g/mol. The highest BCUT2D eigenvalue weighted by Crippen LogP contribution is 2.27. The van der Waals surface area contributed by atoms with E-state index in [1.54, 1.807) is 42.2 Å². The lowest BCUT2D eigenvalue weighted by Gasteiger charge is -2.19. The van der Waals surface area contributed by atoms with Crippen LogP contribution in [0.15, 0.2) is 48.5 Å². The van der Waals surface area contributed by atoms with Crippen LogP contribution in [0.2, 0.25) is 5.02 Å². The van der Waals surface area contributed by atoms with Gasteiger partial charge in [-0.05, 0) is 18.2 Å². The lowest BCUT2D eigenvalue weighted by Crippen LogP contribution is -2.14. The first-order valence-corrected chi connectivity index (χ1v) is 7.89. The maximum atomic E-state index is 12.3. The maximum absolute atomic E-state index is 12.3. The standard InChI is InChI=1S/C15H12ClN5OS/c1-21(13-7-17-9-18-8-13)12-5-10(4-11(16)6-12)14(22)20-15-19-2-3-23-15/h2-9H,1H3,(H,19,20,22). The molecule has 0 aliphatic heterocycles. The van der Waals surface area contributed by atoms with Crippen LogP contribution in [-0.4, -0.2) is 27.9 Å². The number of halogens is 1. The summed E-state index contributed by atoms with van der Waals surface area (Å²) in [5.74, 6) is -0.263. The van der Waals surface area contributed by atoms with E-state index in [0.717, 1.165) is 11.4 Å². The molecule has 0 bridgehead atoms. The van der Waals surface area contributed by atoms with E-state index < -0.39 is 0 Å². The highest BCUT2D eigenvalue weighted by atomic mass is 35.5. The van der Waals surface area contributed by atoms with Crippen molar-refractivity contribution in [2.24, 2.45) is 0 Å². The molecular formula is C15H12ClN5OS. The van der Waals surface area contributed by atoms with Crippen molar-refractivity contribution in [3.63, 3.8) is 0 Å². The van der Waals surface area contributed by atoms with Gasteiger partial charge in [0, 0.05) is 34.9 Å². The number of hydrogen-bond donors (Lipinski definition) is 1. The van der Waals surface area contributed by atoms with Crippen molar-refractivity contribution in [1.82, 2.24) is 15.0 Å². The average Bonchev–Trinajstić information content (AvgIpc) is 3.07. The summed E-state index contributed by atoms with van der Waals surface area (Å²) in [5, 5.41) is 5.54. The van der Waals surface area contributed by atoms with Crippen LogP contribution in [0, 0.1) is 0 Å². The lowest BCUT2D eigenvalue weighted by molar-refractivity contribution is 0.102. The van der Waals surface area contributed by atoms with Gasteiger partial charge in [-0.1, -0.05) is 11.6 Å². The molecule has 23 heavy (non-hydrogen) atoms. The van der Waals surface area contributed by atoms with Crippen molar-refractivity contribution >= 4 is 45.4 Å². The highest BCUT2D eigenvalue weighted by molar-refractivity contribution is 7.13. The van der Waals surface area contributed by atoms with Gasteiger partial charge in [0.15, 0.2) is 5.13 Å². The molecule has 0 saturated carbocycles. The lowest BCUT2D eigenvalue weighted by atomic mass is 10.1. The van der Waals surface area contributed by atoms with E-state index in [2.05, 4.69) is 20.3 Å². The van der Waals surface area contributed by atoms with Gasteiger partial charge in [0.05, 0.1) is 18.1 Å². The topological polar surface area (TPSA) is 71.0 Å². The molecule has 0 aliphatic rings. The number of aromatic nitrogens is 3. The Hall–Kier alpha value is -2.51. The monoisotopic (exact) mass is 345 g/mol. The molecular weight excluding hydrogens is 334 g/mol. The number of nitrogens with one attached hydrogen (secondary N) is 1. The number of amides is 1. The number of carbonyl (C=O) groups excluding carboxylic acids is 1. The minimum atomic E-state index is -0.263. The Morgan fingerprint density at radius 2 is 2.00 bits per heavy atom. The zero-order valence-electron chi connectivity index (χ0n) is 12.1. The van der Waals surface area contributed by atoms with E-state index >= 15 is 0 Å². The van der Waals surface area contributed by atoms with E-state index in [1.807, 2.05) is 11.9 Å². The van der Waals surface area contributed by atoms with E-state index in [-0.39, 0.29) is 5.91 Å². The SMILES string of the molecule is CN(c1cncnc1)c1cc(Cl)cc(C(=O)Nc2nccs2)c1. The molecule has 116 valence electrons. The number of benzene rings is 1. The van der Waals surface area contributed by atoms with E-state index in [9.17, 15) is 4.79 Å². The van der Waals surface area contributed by atoms with Crippen molar-refractivity contribution in [2.45, 2.75) is 0 Å².